The zero-order valence-electron chi connectivity index (χ0n) is 16.8. The average Bonchev–Trinajstić information content (AvgIpc) is 3.09. The van der Waals surface area contributed by atoms with Crippen LogP contribution in [0.15, 0.2) is 53.7 Å². The zero-order chi connectivity index (χ0) is 21.7. The molecule has 0 radical (unpaired) electrons. The Hall–Kier alpha value is -3.20. The quantitative estimate of drug-likeness (QED) is 0.564. The predicted molar refractivity (Wildman–Crippen MR) is 114 cm³/mol. The molecule has 0 fully saturated rings. The lowest BCUT2D eigenvalue weighted by atomic mass is 10.1. The van der Waals surface area contributed by atoms with E-state index in [1.165, 1.54) is 36.0 Å². The summed E-state index contributed by atoms with van der Waals surface area (Å²) in [5.41, 5.74) is 2.02. The smallest absolute Gasteiger partial charge is 0.252 e. The van der Waals surface area contributed by atoms with Crippen molar-refractivity contribution in [3.05, 3.63) is 71.3 Å². The maximum Gasteiger partial charge on any atom is 0.252 e. The van der Waals surface area contributed by atoms with Crippen LogP contribution in [0.25, 0.3) is 0 Å². The highest BCUT2D eigenvalue weighted by Crippen LogP contribution is 2.20. The Balaban J connectivity index is 1.58. The lowest BCUT2D eigenvalue weighted by Crippen LogP contribution is -2.29. The molecule has 9 heteroatoms. The maximum absolute atomic E-state index is 12.9. The summed E-state index contributed by atoms with van der Waals surface area (Å²) in [5.74, 6) is -0.0858. The predicted octanol–water partition coefficient (Wildman–Crippen LogP) is 3.48. The number of amides is 2. The van der Waals surface area contributed by atoms with Gasteiger partial charge in [0.05, 0.1) is 11.8 Å². The monoisotopic (exact) mass is 427 g/mol. The van der Waals surface area contributed by atoms with Crippen molar-refractivity contribution in [3.8, 4) is 0 Å². The Morgan fingerprint density at radius 2 is 1.83 bits per heavy atom. The number of anilines is 1. The molecule has 3 rings (SSSR count). The van der Waals surface area contributed by atoms with Crippen molar-refractivity contribution < 1.29 is 14.0 Å². The summed E-state index contributed by atoms with van der Waals surface area (Å²) in [6.07, 6.45) is 0. The van der Waals surface area contributed by atoms with Crippen LogP contribution in [0.2, 0.25) is 0 Å². The van der Waals surface area contributed by atoms with Gasteiger partial charge in [0, 0.05) is 18.3 Å². The Bertz CT molecular complexity index is 1050. The molecule has 156 valence electrons. The van der Waals surface area contributed by atoms with E-state index in [-0.39, 0.29) is 29.4 Å². The number of nitrogens with zero attached hydrogens (tertiary/aromatic N) is 3. The second kappa shape index (κ2) is 9.53. The fraction of sp³-hybridized carbons (Fsp3) is 0.238. The minimum Gasteiger partial charge on any atom is -0.342 e. The minimum atomic E-state index is -0.364. The lowest BCUT2D eigenvalue weighted by Gasteiger charge is -2.14. The summed E-state index contributed by atoms with van der Waals surface area (Å²) in [6, 6.07) is 12.6. The van der Waals surface area contributed by atoms with E-state index in [0.29, 0.717) is 22.2 Å². The highest BCUT2D eigenvalue weighted by Gasteiger charge is 2.19. The van der Waals surface area contributed by atoms with Crippen LogP contribution in [-0.2, 0) is 11.8 Å². The molecule has 2 N–H and O–H groups in total. The molecule has 0 aliphatic heterocycles. The molecule has 0 bridgehead atoms. The standard InChI is InChI=1S/C21H22FN5O2S/c1-13-6-4-5-7-17(13)20(29)23-14(2)19-25-26-21(27(19)3)30-12-18(28)24-16-10-8-15(22)9-11-16/h4-11,14H,12H2,1-3H3,(H,23,29)(H,24,28)/t14-/m1/s1. The van der Waals surface area contributed by atoms with Crippen molar-refractivity contribution in [2.24, 2.45) is 7.05 Å². The average molecular weight is 428 g/mol. The number of benzene rings is 2. The summed E-state index contributed by atoms with van der Waals surface area (Å²) >= 11 is 1.22. The third kappa shape index (κ3) is 5.24. The van der Waals surface area contributed by atoms with Gasteiger partial charge < -0.3 is 15.2 Å². The molecule has 2 amide bonds. The summed E-state index contributed by atoms with van der Waals surface area (Å²) in [5, 5.41) is 14.5. The van der Waals surface area contributed by atoms with Gasteiger partial charge in [-0.1, -0.05) is 30.0 Å². The first-order valence-electron chi connectivity index (χ1n) is 9.29. The first-order valence-corrected chi connectivity index (χ1v) is 10.3. The molecule has 0 saturated carbocycles. The molecule has 1 atom stereocenters. The topological polar surface area (TPSA) is 88.9 Å². The summed E-state index contributed by atoms with van der Waals surface area (Å²) in [4.78, 5) is 24.6. The molecule has 0 spiro atoms. The van der Waals surface area contributed by atoms with Crippen molar-refractivity contribution in [1.29, 1.82) is 0 Å². The number of aromatic nitrogens is 3. The minimum absolute atomic E-state index is 0.118. The second-order valence-electron chi connectivity index (χ2n) is 6.75. The van der Waals surface area contributed by atoms with E-state index >= 15 is 0 Å². The third-order valence-corrected chi connectivity index (χ3v) is 5.47. The number of carbonyl (C=O) groups is 2. The van der Waals surface area contributed by atoms with Gasteiger partial charge in [-0.05, 0) is 49.7 Å². The lowest BCUT2D eigenvalue weighted by molar-refractivity contribution is -0.113. The largest absolute Gasteiger partial charge is 0.342 e. The molecule has 1 heterocycles. The molecule has 0 saturated heterocycles. The number of nitrogens with one attached hydrogen (secondary N) is 2. The van der Waals surface area contributed by atoms with Gasteiger partial charge in [-0.3, -0.25) is 9.59 Å². The Labute approximate surface area is 178 Å². The van der Waals surface area contributed by atoms with Crippen molar-refractivity contribution >= 4 is 29.3 Å². The molecule has 3 aromatic rings. The molecule has 30 heavy (non-hydrogen) atoms. The zero-order valence-corrected chi connectivity index (χ0v) is 17.7. The molecule has 0 aliphatic rings. The molecule has 1 aromatic heterocycles. The highest BCUT2D eigenvalue weighted by atomic mass is 32.2. The van der Waals surface area contributed by atoms with Crippen LogP contribution in [0.1, 0.15) is 34.7 Å². The normalized spacial score (nSPS) is 11.7. The first-order chi connectivity index (χ1) is 14.3. The van der Waals surface area contributed by atoms with Gasteiger partial charge in [0.25, 0.3) is 5.91 Å². The number of hydrogen-bond acceptors (Lipinski definition) is 5. The Kier molecular flexibility index (Phi) is 6.83. The first kappa shape index (κ1) is 21.5. The van der Waals surface area contributed by atoms with Gasteiger partial charge in [-0.25, -0.2) is 4.39 Å². The van der Waals surface area contributed by atoms with E-state index in [1.807, 2.05) is 32.0 Å². The van der Waals surface area contributed by atoms with Crippen LogP contribution < -0.4 is 10.6 Å². The van der Waals surface area contributed by atoms with Crippen LogP contribution in [-0.4, -0.2) is 32.3 Å². The van der Waals surface area contributed by atoms with E-state index < -0.39 is 0 Å². The van der Waals surface area contributed by atoms with Crippen molar-refractivity contribution in [1.82, 2.24) is 20.1 Å². The van der Waals surface area contributed by atoms with E-state index in [2.05, 4.69) is 20.8 Å². The van der Waals surface area contributed by atoms with Gasteiger partial charge >= 0.3 is 0 Å². The van der Waals surface area contributed by atoms with Gasteiger partial charge in [-0.2, -0.15) is 0 Å². The molecular formula is C21H22FN5O2S. The van der Waals surface area contributed by atoms with Crippen molar-refractivity contribution in [3.63, 3.8) is 0 Å². The fourth-order valence-corrected chi connectivity index (χ4v) is 3.57. The highest BCUT2D eigenvalue weighted by molar-refractivity contribution is 7.99. The van der Waals surface area contributed by atoms with E-state index in [4.69, 9.17) is 0 Å². The van der Waals surface area contributed by atoms with Crippen LogP contribution in [0.5, 0.6) is 0 Å². The molecule has 0 aliphatic carbocycles. The van der Waals surface area contributed by atoms with Gasteiger partial charge in [0.2, 0.25) is 5.91 Å². The summed E-state index contributed by atoms with van der Waals surface area (Å²) in [6.45, 7) is 3.71. The molecule has 2 aromatic carbocycles. The van der Waals surface area contributed by atoms with Crippen molar-refractivity contribution in [2.75, 3.05) is 11.1 Å². The Morgan fingerprint density at radius 3 is 2.53 bits per heavy atom. The third-order valence-electron chi connectivity index (χ3n) is 4.45. The maximum atomic E-state index is 12.9. The number of aryl methyl sites for hydroxylation is 1. The second-order valence-corrected chi connectivity index (χ2v) is 7.70. The van der Waals surface area contributed by atoms with Gasteiger partial charge in [0.1, 0.15) is 5.82 Å². The number of halogens is 1. The van der Waals surface area contributed by atoms with E-state index in [9.17, 15) is 14.0 Å². The van der Waals surface area contributed by atoms with Gasteiger partial charge in [0.15, 0.2) is 11.0 Å². The number of thioether (sulfide) groups is 1. The van der Waals surface area contributed by atoms with E-state index in [1.54, 1.807) is 17.7 Å². The van der Waals surface area contributed by atoms with E-state index in [0.717, 1.165) is 5.56 Å². The molecular weight excluding hydrogens is 405 g/mol. The SMILES string of the molecule is Cc1ccccc1C(=O)N[C@H](C)c1nnc(SCC(=O)Nc2ccc(F)cc2)n1C. The molecule has 0 unspecified atom stereocenters. The van der Waals surface area contributed by atoms with Gasteiger partial charge in [-0.15, -0.1) is 10.2 Å². The molecule has 7 nitrogen and oxygen atoms in total. The van der Waals surface area contributed by atoms with Crippen LogP contribution in [0, 0.1) is 12.7 Å². The fourth-order valence-electron chi connectivity index (χ4n) is 2.86. The Morgan fingerprint density at radius 1 is 1.13 bits per heavy atom. The number of rotatable bonds is 7. The number of hydrogen-bond donors (Lipinski definition) is 2. The van der Waals surface area contributed by atoms with Crippen LogP contribution in [0.4, 0.5) is 10.1 Å². The van der Waals surface area contributed by atoms with Crippen LogP contribution >= 0.6 is 11.8 Å². The summed E-state index contributed by atoms with van der Waals surface area (Å²) in [7, 11) is 1.78. The van der Waals surface area contributed by atoms with Crippen molar-refractivity contribution in [2.45, 2.75) is 25.0 Å². The number of carbonyl (C=O) groups excluding carboxylic acids is 2. The summed E-state index contributed by atoms with van der Waals surface area (Å²) < 4.78 is 14.7. The van der Waals surface area contributed by atoms with Crippen LogP contribution in [0.3, 0.4) is 0 Å².